The molecule has 0 saturated heterocycles. The van der Waals surface area contributed by atoms with E-state index in [2.05, 4.69) is 9.97 Å². The van der Waals surface area contributed by atoms with Crippen LogP contribution in [-0.4, -0.2) is 9.91 Å². The van der Waals surface area contributed by atoms with Gasteiger partial charge in [-0.2, -0.15) is 13.2 Å². The Bertz CT molecular complexity index is 605. The number of rotatable bonds is 1. The molecule has 1 aromatic heterocycles. The molecular formula is C8H4F3N4O2-. The van der Waals surface area contributed by atoms with E-state index in [1.54, 1.807) is 0 Å². The van der Waals surface area contributed by atoms with Gasteiger partial charge in [-0.1, -0.05) is 0 Å². The first-order valence-electron chi connectivity index (χ1n) is 4.24. The molecule has 9 heteroatoms. The minimum atomic E-state index is -4.69. The van der Waals surface area contributed by atoms with Crippen molar-refractivity contribution >= 4 is 22.7 Å². The maximum Gasteiger partial charge on any atom is 0.416 e. The zero-order chi connectivity index (χ0) is 12.8. The highest BCUT2D eigenvalue weighted by Crippen LogP contribution is 2.35. The second-order valence-corrected chi connectivity index (χ2v) is 3.20. The number of nitrogens with zero attached hydrogens (tertiary/aromatic N) is 3. The summed E-state index contributed by atoms with van der Waals surface area (Å²) in [5.74, 6) is -0.303. The van der Waals surface area contributed by atoms with E-state index in [1.165, 1.54) is 0 Å². The Morgan fingerprint density at radius 2 is 2.06 bits per heavy atom. The number of fused-ring (bicyclic) bond motifs is 1. The highest BCUT2D eigenvalue weighted by molar-refractivity contribution is 5.86. The van der Waals surface area contributed by atoms with Crippen LogP contribution in [0.5, 0.6) is 0 Å². The van der Waals surface area contributed by atoms with Crippen LogP contribution in [0.3, 0.4) is 0 Å². The summed E-state index contributed by atoms with van der Waals surface area (Å²) in [4.78, 5) is 16.7. The van der Waals surface area contributed by atoms with Crippen molar-refractivity contribution in [3.63, 3.8) is 0 Å². The second kappa shape index (κ2) is 3.34. The smallest absolute Gasteiger partial charge is 0.416 e. The summed E-state index contributed by atoms with van der Waals surface area (Å²) < 4.78 is 37.4. The average Bonchev–Trinajstić information content (AvgIpc) is 2.54. The summed E-state index contributed by atoms with van der Waals surface area (Å²) in [6.45, 7) is 0. The van der Waals surface area contributed by atoms with Gasteiger partial charge in [-0.05, 0) is 6.07 Å². The first-order valence-corrected chi connectivity index (χ1v) is 4.24. The Kier molecular flexibility index (Phi) is 2.19. The average molecular weight is 245 g/mol. The molecule has 0 unspecified atom stereocenters. The third kappa shape index (κ3) is 1.86. The molecular weight excluding hydrogens is 241 g/mol. The zero-order valence-corrected chi connectivity index (χ0v) is 8.02. The van der Waals surface area contributed by atoms with Gasteiger partial charge in [0.1, 0.15) is 0 Å². The number of benzene rings is 1. The summed E-state index contributed by atoms with van der Waals surface area (Å²) in [6.07, 6.45) is -4.69. The summed E-state index contributed by atoms with van der Waals surface area (Å²) in [7, 11) is 0. The first-order chi connectivity index (χ1) is 7.79. The van der Waals surface area contributed by atoms with Gasteiger partial charge in [0.15, 0.2) is 0 Å². The molecule has 0 fully saturated rings. The number of non-ortho nitro benzene ring substituents is 1. The molecule has 0 aliphatic heterocycles. The molecule has 17 heavy (non-hydrogen) atoms. The quantitative estimate of drug-likeness (QED) is 0.609. The largest absolute Gasteiger partial charge is 0.453 e. The van der Waals surface area contributed by atoms with Crippen LogP contribution >= 0.6 is 0 Å². The van der Waals surface area contributed by atoms with Crippen LogP contribution < -0.4 is 10.7 Å². The van der Waals surface area contributed by atoms with Gasteiger partial charge in [-0.3, -0.25) is 10.1 Å². The Labute approximate surface area is 91.4 Å². The van der Waals surface area contributed by atoms with E-state index in [-0.39, 0.29) is 17.0 Å². The fourth-order valence-corrected chi connectivity index (χ4v) is 1.37. The van der Waals surface area contributed by atoms with Crippen LogP contribution in [0.4, 0.5) is 24.8 Å². The lowest BCUT2D eigenvalue weighted by Crippen LogP contribution is -2.05. The number of nitrogens with two attached hydrogens (primary N) is 1. The molecule has 0 amide bonds. The molecule has 1 aromatic carbocycles. The van der Waals surface area contributed by atoms with Crippen molar-refractivity contribution in [2.45, 2.75) is 6.18 Å². The predicted octanol–water partition coefficient (Wildman–Crippen LogP) is 1.70. The molecule has 2 N–H and O–H groups in total. The van der Waals surface area contributed by atoms with Gasteiger partial charge in [0.05, 0.1) is 16.0 Å². The van der Waals surface area contributed by atoms with E-state index in [0.717, 1.165) is 0 Å². The maximum absolute atomic E-state index is 12.5. The molecule has 0 bridgehead atoms. The minimum absolute atomic E-state index is 0.246. The maximum atomic E-state index is 12.5. The van der Waals surface area contributed by atoms with Gasteiger partial charge in [-0.25, -0.2) is 0 Å². The van der Waals surface area contributed by atoms with E-state index < -0.39 is 22.4 Å². The number of alkyl halides is 3. The molecule has 0 atom stereocenters. The standard InChI is InChI=1S/C8H4F3N4O2/c9-8(10,11)3-1-4-6(14-7(12)13-4)5(2-3)15(16)17/h1-2H,(H2-,12,13,14)/q-1. The summed E-state index contributed by atoms with van der Waals surface area (Å²) in [6, 6.07) is 1.09. The minimum Gasteiger partial charge on any atom is -0.453 e. The number of nitrogen functional groups attached to an aromatic ring is 1. The lowest BCUT2D eigenvalue weighted by Gasteiger charge is -2.07. The third-order valence-corrected chi connectivity index (χ3v) is 2.06. The molecule has 0 saturated carbocycles. The van der Waals surface area contributed by atoms with Crippen molar-refractivity contribution in [3.8, 4) is 0 Å². The molecule has 2 rings (SSSR count). The second-order valence-electron chi connectivity index (χ2n) is 3.20. The highest BCUT2D eigenvalue weighted by Gasteiger charge is 2.33. The van der Waals surface area contributed by atoms with Crippen molar-refractivity contribution in [2.75, 3.05) is 5.73 Å². The van der Waals surface area contributed by atoms with Gasteiger partial charge in [0.25, 0.3) is 5.69 Å². The normalized spacial score (nSPS) is 11.9. The van der Waals surface area contributed by atoms with Crippen LogP contribution in [0.2, 0.25) is 0 Å². The molecule has 0 aliphatic carbocycles. The Morgan fingerprint density at radius 1 is 1.41 bits per heavy atom. The van der Waals surface area contributed by atoms with Crippen molar-refractivity contribution < 1.29 is 18.1 Å². The highest BCUT2D eigenvalue weighted by atomic mass is 19.4. The van der Waals surface area contributed by atoms with Crippen molar-refractivity contribution in [1.82, 2.24) is 9.97 Å². The number of halogens is 3. The number of aromatic nitrogens is 2. The summed E-state index contributed by atoms with van der Waals surface area (Å²) >= 11 is 0. The van der Waals surface area contributed by atoms with Crippen LogP contribution in [0.25, 0.3) is 11.0 Å². The molecule has 1 heterocycles. The number of nitro groups is 1. The Hall–Kier alpha value is -2.32. The number of hydrogen-bond acceptors (Lipinski definition) is 4. The van der Waals surface area contributed by atoms with E-state index in [1.807, 2.05) is 0 Å². The number of nitro benzene ring substituents is 1. The molecule has 0 radical (unpaired) electrons. The molecule has 6 nitrogen and oxygen atoms in total. The zero-order valence-electron chi connectivity index (χ0n) is 8.02. The van der Waals surface area contributed by atoms with Gasteiger partial charge in [0.2, 0.25) is 0 Å². The molecule has 90 valence electrons. The Morgan fingerprint density at radius 3 is 2.59 bits per heavy atom. The van der Waals surface area contributed by atoms with E-state index >= 15 is 0 Å². The first kappa shape index (κ1) is 11.2. The van der Waals surface area contributed by atoms with Gasteiger partial charge in [0, 0.05) is 17.5 Å². The monoisotopic (exact) mass is 245 g/mol. The van der Waals surface area contributed by atoms with Gasteiger partial charge < -0.3 is 15.7 Å². The third-order valence-electron chi connectivity index (χ3n) is 2.06. The molecule has 0 aliphatic rings. The van der Waals surface area contributed by atoms with Crippen LogP contribution in [0.1, 0.15) is 5.56 Å². The lowest BCUT2D eigenvalue weighted by molar-refractivity contribution is -0.383. The SMILES string of the molecule is Nc1nc2cc(C(F)(F)F)cc([N+](=O)[O-])c2[n-]1. The lowest BCUT2D eigenvalue weighted by atomic mass is 10.1. The van der Waals surface area contributed by atoms with Crippen molar-refractivity contribution in [2.24, 2.45) is 0 Å². The molecule has 0 spiro atoms. The summed E-state index contributed by atoms with van der Waals surface area (Å²) in [5.41, 5.74) is 2.78. The van der Waals surface area contributed by atoms with E-state index in [0.29, 0.717) is 12.1 Å². The van der Waals surface area contributed by atoms with E-state index in [4.69, 9.17) is 5.73 Å². The van der Waals surface area contributed by atoms with Crippen LogP contribution in [0, 0.1) is 10.1 Å². The Balaban J connectivity index is 2.80. The predicted molar refractivity (Wildman–Crippen MR) is 51.1 cm³/mol. The summed E-state index contributed by atoms with van der Waals surface area (Å²) in [5, 5.41) is 10.6. The van der Waals surface area contributed by atoms with E-state index in [9.17, 15) is 23.3 Å². The van der Waals surface area contributed by atoms with Crippen molar-refractivity contribution in [3.05, 3.63) is 27.8 Å². The fourth-order valence-electron chi connectivity index (χ4n) is 1.37. The molecule has 2 aromatic rings. The fraction of sp³-hybridized carbons (Fsp3) is 0.125. The number of imidazole rings is 1. The van der Waals surface area contributed by atoms with Gasteiger partial charge >= 0.3 is 6.18 Å². The number of hydrogen-bond donors (Lipinski definition) is 1. The van der Waals surface area contributed by atoms with Gasteiger partial charge in [-0.15, -0.1) is 0 Å². The topological polar surface area (TPSA) is 96.2 Å². The van der Waals surface area contributed by atoms with Crippen molar-refractivity contribution in [1.29, 1.82) is 0 Å². The number of anilines is 1. The van der Waals surface area contributed by atoms with Crippen LogP contribution in [0.15, 0.2) is 12.1 Å². The van der Waals surface area contributed by atoms with Crippen LogP contribution in [-0.2, 0) is 6.18 Å².